The zero-order valence-corrected chi connectivity index (χ0v) is 11.6. The molecule has 1 heterocycles. The molecule has 21 heavy (non-hydrogen) atoms. The van der Waals surface area contributed by atoms with Crippen molar-refractivity contribution in [2.24, 2.45) is 0 Å². The van der Waals surface area contributed by atoms with Crippen LogP contribution >= 0.6 is 0 Å². The number of hydrogen-bond donors (Lipinski definition) is 1. The number of hydrogen-bond acceptors (Lipinski definition) is 5. The Morgan fingerprint density at radius 1 is 1.24 bits per heavy atom. The Labute approximate surface area is 121 Å². The van der Waals surface area contributed by atoms with Gasteiger partial charge in [-0.25, -0.2) is 0 Å². The summed E-state index contributed by atoms with van der Waals surface area (Å²) in [7, 11) is 1.70. The summed E-state index contributed by atoms with van der Waals surface area (Å²) in [6.07, 6.45) is 3.26. The normalized spacial score (nSPS) is 12.8. The molecule has 0 unspecified atom stereocenters. The van der Waals surface area contributed by atoms with Crippen LogP contribution in [0.15, 0.2) is 30.3 Å². The summed E-state index contributed by atoms with van der Waals surface area (Å²) in [5.74, 6) is 1.11. The summed E-state index contributed by atoms with van der Waals surface area (Å²) in [6, 6.07) is 8.74. The number of aryl methyl sites for hydroxylation is 2. The fourth-order valence-electron chi connectivity index (χ4n) is 2.51. The predicted molar refractivity (Wildman–Crippen MR) is 79.0 cm³/mol. The van der Waals surface area contributed by atoms with E-state index in [1.807, 2.05) is 18.2 Å². The molecule has 1 aliphatic rings. The molecular formula is C15H15N3O3. The van der Waals surface area contributed by atoms with Crippen LogP contribution in [0.1, 0.15) is 17.5 Å². The van der Waals surface area contributed by atoms with Crippen LogP contribution in [0.3, 0.4) is 0 Å². The second-order valence-electron chi connectivity index (χ2n) is 4.91. The average molecular weight is 285 g/mol. The predicted octanol–water partition coefficient (Wildman–Crippen LogP) is 3.31. The minimum Gasteiger partial charge on any atom is -0.434 e. The Morgan fingerprint density at radius 2 is 2.05 bits per heavy atom. The SMILES string of the molecule is CNc1ccc([N+](=O)[O-])c(Oc2ccc3c(c2)CCC3)n1. The maximum Gasteiger partial charge on any atom is 0.331 e. The molecule has 6 heteroatoms. The lowest BCUT2D eigenvalue weighted by Crippen LogP contribution is -1.99. The van der Waals surface area contributed by atoms with E-state index >= 15 is 0 Å². The monoisotopic (exact) mass is 285 g/mol. The third-order valence-corrected chi connectivity index (χ3v) is 3.58. The fourth-order valence-corrected chi connectivity index (χ4v) is 2.51. The van der Waals surface area contributed by atoms with Crippen LogP contribution in [0.25, 0.3) is 0 Å². The van der Waals surface area contributed by atoms with Gasteiger partial charge in [-0.15, -0.1) is 0 Å². The van der Waals surface area contributed by atoms with E-state index in [1.54, 1.807) is 13.1 Å². The highest BCUT2D eigenvalue weighted by Crippen LogP contribution is 2.33. The summed E-state index contributed by atoms with van der Waals surface area (Å²) in [5, 5.41) is 13.9. The topological polar surface area (TPSA) is 77.3 Å². The van der Waals surface area contributed by atoms with Crippen molar-refractivity contribution in [3.05, 3.63) is 51.6 Å². The van der Waals surface area contributed by atoms with Crippen molar-refractivity contribution in [2.45, 2.75) is 19.3 Å². The summed E-state index contributed by atoms with van der Waals surface area (Å²) < 4.78 is 5.65. The van der Waals surface area contributed by atoms with E-state index in [4.69, 9.17) is 4.74 Å². The number of nitrogens with zero attached hydrogens (tertiary/aromatic N) is 2. The van der Waals surface area contributed by atoms with Crippen LogP contribution in [0.5, 0.6) is 11.6 Å². The zero-order chi connectivity index (χ0) is 14.8. The van der Waals surface area contributed by atoms with Crippen molar-refractivity contribution in [1.82, 2.24) is 4.98 Å². The van der Waals surface area contributed by atoms with Gasteiger partial charge in [0.2, 0.25) is 0 Å². The number of fused-ring (bicyclic) bond motifs is 1. The first kappa shape index (κ1) is 13.4. The van der Waals surface area contributed by atoms with Gasteiger partial charge in [0.05, 0.1) is 4.92 Å². The lowest BCUT2D eigenvalue weighted by atomic mass is 10.1. The third kappa shape index (κ3) is 2.65. The van der Waals surface area contributed by atoms with Crippen LogP contribution in [-0.4, -0.2) is 17.0 Å². The quantitative estimate of drug-likeness (QED) is 0.688. The van der Waals surface area contributed by atoms with Gasteiger partial charge in [-0.2, -0.15) is 4.98 Å². The van der Waals surface area contributed by atoms with Gasteiger partial charge in [-0.05, 0) is 48.6 Å². The van der Waals surface area contributed by atoms with Gasteiger partial charge in [-0.3, -0.25) is 10.1 Å². The largest absolute Gasteiger partial charge is 0.434 e. The molecule has 1 N–H and O–H groups in total. The van der Waals surface area contributed by atoms with E-state index in [2.05, 4.69) is 10.3 Å². The molecular weight excluding hydrogens is 270 g/mol. The van der Waals surface area contributed by atoms with Crippen LogP contribution in [0, 0.1) is 10.1 Å². The molecule has 3 rings (SSSR count). The molecule has 6 nitrogen and oxygen atoms in total. The first-order chi connectivity index (χ1) is 10.2. The maximum absolute atomic E-state index is 11.1. The molecule has 0 saturated heterocycles. The van der Waals surface area contributed by atoms with E-state index in [0.717, 1.165) is 19.3 Å². The average Bonchev–Trinajstić information content (AvgIpc) is 2.94. The van der Waals surface area contributed by atoms with Crippen LogP contribution < -0.4 is 10.1 Å². The van der Waals surface area contributed by atoms with E-state index in [-0.39, 0.29) is 11.6 Å². The van der Waals surface area contributed by atoms with Crippen molar-refractivity contribution in [1.29, 1.82) is 0 Å². The van der Waals surface area contributed by atoms with Crippen molar-refractivity contribution < 1.29 is 9.66 Å². The highest BCUT2D eigenvalue weighted by Gasteiger charge is 2.19. The summed E-state index contributed by atoms with van der Waals surface area (Å²) in [6.45, 7) is 0. The Morgan fingerprint density at radius 3 is 2.81 bits per heavy atom. The Balaban J connectivity index is 1.95. The van der Waals surface area contributed by atoms with E-state index < -0.39 is 4.92 Å². The molecule has 1 aromatic carbocycles. The number of nitro groups is 1. The highest BCUT2D eigenvalue weighted by molar-refractivity contribution is 5.51. The number of nitrogens with one attached hydrogen (secondary N) is 1. The molecule has 0 atom stereocenters. The second-order valence-corrected chi connectivity index (χ2v) is 4.91. The second kappa shape index (κ2) is 5.40. The zero-order valence-electron chi connectivity index (χ0n) is 11.6. The number of benzene rings is 1. The smallest absolute Gasteiger partial charge is 0.331 e. The van der Waals surface area contributed by atoms with Crippen molar-refractivity contribution in [3.63, 3.8) is 0 Å². The molecule has 0 aliphatic heterocycles. The minimum atomic E-state index is -0.491. The third-order valence-electron chi connectivity index (χ3n) is 3.58. The van der Waals surface area contributed by atoms with Gasteiger partial charge in [-0.1, -0.05) is 6.07 Å². The molecule has 0 fully saturated rings. The first-order valence-corrected chi connectivity index (χ1v) is 6.80. The van der Waals surface area contributed by atoms with Gasteiger partial charge in [0, 0.05) is 13.1 Å². The minimum absolute atomic E-state index is 0.00444. The summed E-state index contributed by atoms with van der Waals surface area (Å²) >= 11 is 0. The van der Waals surface area contributed by atoms with Gasteiger partial charge in [0.25, 0.3) is 0 Å². The molecule has 0 radical (unpaired) electrons. The molecule has 0 saturated carbocycles. The maximum atomic E-state index is 11.1. The Hall–Kier alpha value is -2.63. The van der Waals surface area contributed by atoms with Crippen molar-refractivity contribution in [2.75, 3.05) is 12.4 Å². The first-order valence-electron chi connectivity index (χ1n) is 6.80. The molecule has 1 aliphatic carbocycles. The number of pyridine rings is 1. The fraction of sp³-hybridized carbons (Fsp3) is 0.267. The van der Waals surface area contributed by atoms with Crippen molar-refractivity contribution in [3.8, 4) is 11.6 Å². The number of anilines is 1. The molecule has 0 spiro atoms. The lowest BCUT2D eigenvalue weighted by molar-refractivity contribution is -0.386. The van der Waals surface area contributed by atoms with Crippen LogP contribution in [-0.2, 0) is 12.8 Å². The summed E-state index contributed by atoms with van der Waals surface area (Å²) in [4.78, 5) is 14.7. The Kier molecular flexibility index (Phi) is 3.43. The number of aromatic nitrogens is 1. The van der Waals surface area contributed by atoms with Gasteiger partial charge in [0.1, 0.15) is 11.6 Å². The molecule has 0 bridgehead atoms. The number of ether oxygens (including phenoxy) is 1. The molecule has 0 amide bonds. The highest BCUT2D eigenvalue weighted by atomic mass is 16.6. The van der Waals surface area contributed by atoms with E-state index in [0.29, 0.717) is 11.6 Å². The van der Waals surface area contributed by atoms with Crippen LogP contribution in [0.4, 0.5) is 11.5 Å². The van der Waals surface area contributed by atoms with Crippen LogP contribution in [0.2, 0.25) is 0 Å². The standard InChI is InChI=1S/C15H15N3O3/c1-16-14-8-7-13(18(19)20)15(17-14)21-12-6-5-10-3-2-4-11(10)9-12/h5-9H,2-4H2,1H3,(H,16,17). The van der Waals surface area contributed by atoms with Crippen molar-refractivity contribution >= 4 is 11.5 Å². The van der Waals surface area contributed by atoms with Gasteiger partial charge in [0.15, 0.2) is 0 Å². The molecule has 2 aromatic rings. The van der Waals surface area contributed by atoms with Gasteiger partial charge < -0.3 is 10.1 Å². The Bertz CT molecular complexity index is 701. The lowest BCUT2D eigenvalue weighted by Gasteiger charge is -2.08. The molecule has 1 aromatic heterocycles. The number of rotatable bonds is 4. The van der Waals surface area contributed by atoms with E-state index in [1.165, 1.54) is 17.2 Å². The van der Waals surface area contributed by atoms with Gasteiger partial charge >= 0.3 is 11.6 Å². The summed E-state index contributed by atoms with van der Waals surface area (Å²) in [5.41, 5.74) is 2.43. The molecule has 108 valence electrons. The van der Waals surface area contributed by atoms with E-state index in [9.17, 15) is 10.1 Å².